The maximum absolute atomic E-state index is 13.2. The lowest BCUT2D eigenvalue weighted by Gasteiger charge is -2.11. The Morgan fingerprint density at radius 3 is 2.50 bits per heavy atom. The Morgan fingerprint density at radius 2 is 1.77 bits per heavy atom. The number of hydrogen-bond acceptors (Lipinski definition) is 2. The molecule has 142 valence electrons. The molecule has 0 aliphatic heterocycles. The summed E-state index contributed by atoms with van der Waals surface area (Å²) in [5.41, 5.74) is 3.24. The molecule has 0 atom stereocenters. The molecule has 0 aliphatic carbocycles. The van der Waals surface area contributed by atoms with Gasteiger partial charge in [0.25, 0.3) is 0 Å². The number of rotatable bonds is 8. The van der Waals surface area contributed by atoms with Crippen molar-refractivity contribution in [2.24, 2.45) is 4.99 Å². The van der Waals surface area contributed by atoms with Crippen molar-refractivity contribution in [1.82, 2.24) is 10.6 Å². The summed E-state index contributed by atoms with van der Waals surface area (Å²) in [6, 6.07) is 14.9. The van der Waals surface area contributed by atoms with Crippen LogP contribution in [0.1, 0.15) is 23.6 Å². The molecular formula is C20H27FIN3O. The number of halogens is 2. The second-order valence-corrected chi connectivity index (χ2v) is 5.75. The van der Waals surface area contributed by atoms with E-state index in [0.29, 0.717) is 19.7 Å². The average Bonchev–Trinajstić information content (AvgIpc) is 2.60. The van der Waals surface area contributed by atoms with Crippen LogP contribution in [0.15, 0.2) is 53.5 Å². The molecule has 0 unspecified atom stereocenters. The molecule has 0 bridgehead atoms. The van der Waals surface area contributed by atoms with Gasteiger partial charge in [-0.05, 0) is 42.2 Å². The summed E-state index contributed by atoms with van der Waals surface area (Å²) in [7, 11) is 1.69. The molecule has 0 fully saturated rings. The van der Waals surface area contributed by atoms with Crippen LogP contribution in [0.2, 0.25) is 0 Å². The standard InChI is InChI=1S/C20H26FN3O.HI/c1-3-22-20(23-11-10-16-6-5-9-19(21)13-16)24-14-17-7-4-8-18(12-17)15-25-2;/h4-9,12-13H,3,10-11,14-15H2,1-2H3,(H2,22,23,24);1H. The van der Waals surface area contributed by atoms with Gasteiger partial charge in [0, 0.05) is 20.2 Å². The van der Waals surface area contributed by atoms with Crippen molar-refractivity contribution in [3.8, 4) is 0 Å². The van der Waals surface area contributed by atoms with Gasteiger partial charge in [-0.3, -0.25) is 0 Å². The van der Waals surface area contributed by atoms with E-state index in [0.717, 1.165) is 35.6 Å². The third-order valence-electron chi connectivity index (χ3n) is 3.66. The highest BCUT2D eigenvalue weighted by Gasteiger charge is 2.00. The largest absolute Gasteiger partial charge is 0.380 e. The summed E-state index contributed by atoms with van der Waals surface area (Å²) in [6.45, 7) is 4.70. The van der Waals surface area contributed by atoms with E-state index in [1.54, 1.807) is 19.2 Å². The fourth-order valence-corrected chi connectivity index (χ4v) is 2.51. The highest BCUT2D eigenvalue weighted by Crippen LogP contribution is 2.07. The van der Waals surface area contributed by atoms with Gasteiger partial charge < -0.3 is 15.4 Å². The Labute approximate surface area is 172 Å². The lowest BCUT2D eigenvalue weighted by Crippen LogP contribution is -2.38. The maximum atomic E-state index is 13.2. The predicted octanol–water partition coefficient (Wildman–Crippen LogP) is 3.89. The number of nitrogens with one attached hydrogen (secondary N) is 2. The number of ether oxygens (including phenoxy) is 1. The van der Waals surface area contributed by atoms with E-state index in [1.165, 1.54) is 6.07 Å². The first-order valence-electron chi connectivity index (χ1n) is 8.54. The van der Waals surface area contributed by atoms with Crippen molar-refractivity contribution in [2.45, 2.75) is 26.5 Å². The fraction of sp³-hybridized carbons (Fsp3) is 0.350. The molecule has 2 aromatic rings. The van der Waals surface area contributed by atoms with Crippen LogP contribution in [0.4, 0.5) is 4.39 Å². The van der Waals surface area contributed by atoms with E-state index in [2.05, 4.69) is 27.8 Å². The predicted molar refractivity (Wildman–Crippen MR) is 115 cm³/mol. The Morgan fingerprint density at radius 1 is 1.04 bits per heavy atom. The van der Waals surface area contributed by atoms with Gasteiger partial charge >= 0.3 is 0 Å². The summed E-state index contributed by atoms with van der Waals surface area (Å²) in [5, 5.41) is 6.52. The number of methoxy groups -OCH3 is 1. The minimum absolute atomic E-state index is 0. The molecule has 4 nitrogen and oxygen atoms in total. The molecule has 2 N–H and O–H groups in total. The number of guanidine groups is 1. The molecular weight excluding hydrogens is 444 g/mol. The fourth-order valence-electron chi connectivity index (χ4n) is 2.51. The number of aliphatic imine (C=N–C) groups is 1. The Bertz CT molecular complexity index is 694. The molecule has 0 amide bonds. The molecule has 0 aromatic heterocycles. The smallest absolute Gasteiger partial charge is 0.191 e. The summed E-state index contributed by atoms with van der Waals surface area (Å²) in [5.74, 6) is 0.560. The Balaban J connectivity index is 0.00000338. The molecule has 2 aromatic carbocycles. The SMILES string of the molecule is CCNC(=NCc1cccc(COC)c1)NCCc1cccc(F)c1.I. The highest BCUT2D eigenvalue weighted by atomic mass is 127. The van der Waals surface area contributed by atoms with Gasteiger partial charge in [0.1, 0.15) is 5.82 Å². The molecule has 6 heteroatoms. The lowest BCUT2D eigenvalue weighted by atomic mass is 10.1. The zero-order chi connectivity index (χ0) is 17.9. The summed E-state index contributed by atoms with van der Waals surface area (Å²) in [4.78, 5) is 4.61. The Kier molecular flexibility index (Phi) is 10.9. The third-order valence-corrected chi connectivity index (χ3v) is 3.66. The minimum Gasteiger partial charge on any atom is -0.380 e. The van der Waals surface area contributed by atoms with Crippen molar-refractivity contribution in [1.29, 1.82) is 0 Å². The van der Waals surface area contributed by atoms with Gasteiger partial charge in [0.2, 0.25) is 0 Å². The highest BCUT2D eigenvalue weighted by molar-refractivity contribution is 14.0. The van der Waals surface area contributed by atoms with Gasteiger partial charge in [-0.15, -0.1) is 24.0 Å². The molecule has 26 heavy (non-hydrogen) atoms. The van der Waals surface area contributed by atoms with Gasteiger partial charge in [-0.1, -0.05) is 36.4 Å². The summed E-state index contributed by atoms with van der Waals surface area (Å²) >= 11 is 0. The summed E-state index contributed by atoms with van der Waals surface area (Å²) < 4.78 is 18.4. The topological polar surface area (TPSA) is 45.7 Å². The zero-order valence-corrected chi connectivity index (χ0v) is 17.6. The van der Waals surface area contributed by atoms with Crippen LogP contribution in [0.5, 0.6) is 0 Å². The van der Waals surface area contributed by atoms with Crippen LogP contribution < -0.4 is 10.6 Å². The zero-order valence-electron chi connectivity index (χ0n) is 15.3. The molecule has 0 radical (unpaired) electrons. The quantitative estimate of drug-likeness (QED) is 0.349. The van der Waals surface area contributed by atoms with Crippen LogP contribution in [0.3, 0.4) is 0 Å². The second-order valence-electron chi connectivity index (χ2n) is 5.75. The Hall–Kier alpha value is -1.67. The first kappa shape index (κ1) is 22.4. The normalized spacial score (nSPS) is 11.0. The third kappa shape index (κ3) is 8.14. The summed E-state index contributed by atoms with van der Waals surface area (Å²) in [6.07, 6.45) is 0.742. The van der Waals surface area contributed by atoms with E-state index in [4.69, 9.17) is 4.74 Å². The van der Waals surface area contributed by atoms with Crippen molar-refractivity contribution in [2.75, 3.05) is 20.2 Å². The molecule has 2 rings (SSSR count). The van der Waals surface area contributed by atoms with Gasteiger partial charge in [0.05, 0.1) is 13.2 Å². The van der Waals surface area contributed by atoms with Crippen molar-refractivity contribution in [3.63, 3.8) is 0 Å². The molecule has 0 aliphatic rings. The average molecular weight is 471 g/mol. The lowest BCUT2D eigenvalue weighted by molar-refractivity contribution is 0.185. The van der Waals surface area contributed by atoms with Gasteiger partial charge in [-0.2, -0.15) is 0 Å². The molecule has 0 heterocycles. The first-order chi connectivity index (χ1) is 12.2. The van der Waals surface area contributed by atoms with Gasteiger partial charge in [0.15, 0.2) is 5.96 Å². The molecule has 0 saturated heterocycles. The van der Waals surface area contributed by atoms with Crippen molar-refractivity contribution < 1.29 is 9.13 Å². The van der Waals surface area contributed by atoms with E-state index < -0.39 is 0 Å². The maximum Gasteiger partial charge on any atom is 0.191 e. The minimum atomic E-state index is -0.200. The number of hydrogen-bond donors (Lipinski definition) is 2. The second kappa shape index (κ2) is 12.6. The van der Waals surface area contributed by atoms with Crippen LogP contribution >= 0.6 is 24.0 Å². The monoisotopic (exact) mass is 471 g/mol. The number of nitrogens with zero attached hydrogens (tertiary/aromatic N) is 1. The van der Waals surface area contributed by atoms with Crippen LogP contribution in [-0.2, 0) is 24.3 Å². The molecule has 0 spiro atoms. The van der Waals surface area contributed by atoms with E-state index in [1.807, 2.05) is 25.1 Å². The van der Waals surface area contributed by atoms with E-state index >= 15 is 0 Å². The van der Waals surface area contributed by atoms with Crippen molar-refractivity contribution in [3.05, 3.63) is 71.0 Å². The van der Waals surface area contributed by atoms with Crippen LogP contribution in [0, 0.1) is 5.82 Å². The molecule has 0 saturated carbocycles. The first-order valence-corrected chi connectivity index (χ1v) is 8.54. The van der Waals surface area contributed by atoms with Crippen LogP contribution in [0.25, 0.3) is 0 Å². The van der Waals surface area contributed by atoms with Crippen LogP contribution in [-0.4, -0.2) is 26.2 Å². The van der Waals surface area contributed by atoms with Gasteiger partial charge in [-0.25, -0.2) is 9.38 Å². The number of benzene rings is 2. The van der Waals surface area contributed by atoms with E-state index in [9.17, 15) is 4.39 Å². The van der Waals surface area contributed by atoms with E-state index in [-0.39, 0.29) is 29.8 Å². The van der Waals surface area contributed by atoms with Crippen molar-refractivity contribution >= 4 is 29.9 Å².